The minimum atomic E-state index is 0.0945. The van der Waals surface area contributed by atoms with Crippen LogP contribution in [-0.4, -0.2) is 55.3 Å². The monoisotopic (exact) mass is 295 g/mol. The first kappa shape index (κ1) is 16.3. The van der Waals surface area contributed by atoms with E-state index in [1.165, 1.54) is 0 Å². The van der Waals surface area contributed by atoms with Gasteiger partial charge in [0.2, 0.25) is 11.8 Å². The van der Waals surface area contributed by atoms with Crippen molar-refractivity contribution in [1.82, 2.24) is 9.80 Å². The van der Waals surface area contributed by atoms with Crippen LogP contribution in [0.15, 0.2) is 0 Å². The molecular weight excluding hydrogens is 266 g/mol. The molecule has 0 radical (unpaired) electrons. The third-order valence-corrected chi connectivity index (χ3v) is 5.13. The van der Waals surface area contributed by atoms with Gasteiger partial charge in [0.1, 0.15) is 0 Å². The van der Waals surface area contributed by atoms with Crippen molar-refractivity contribution in [1.29, 1.82) is 0 Å². The van der Waals surface area contributed by atoms with E-state index >= 15 is 0 Å². The van der Waals surface area contributed by atoms with Gasteiger partial charge in [-0.15, -0.1) is 0 Å². The van der Waals surface area contributed by atoms with Gasteiger partial charge in [-0.3, -0.25) is 9.59 Å². The van der Waals surface area contributed by atoms with Crippen LogP contribution in [0.3, 0.4) is 0 Å². The molecule has 1 saturated heterocycles. The van der Waals surface area contributed by atoms with Crippen molar-refractivity contribution in [3.63, 3.8) is 0 Å². The fourth-order valence-electron chi connectivity index (χ4n) is 3.62. The zero-order valence-electron chi connectivity index (χ0n) is 13.4. The molecule has 120 valence electrons. The van der Waals surface area contributed by atoms with Gasteiger partial charge in [-0.2, -0.15) is 0 Å². The summed E-state index contributed by atoms with van der Waals surface area (Å²) in [6.07, 6.45) is 5.75. The lowest BCUT2D eigenvalue weighted by Gasteiger charge is -2.36. The van der Waals surface area contributed by atoms with Gasteiger partial charge in [0.05, 0.1) is 0 Å². The molecule has 0 spiro atoms. The summed E-state index contributed by atoms with van der Waals surface area (Å²) < 4.78 is 0. The standard InChI is InChI=1S/C16H29N3O2/c1-18(2)15(20)14-7-9-19(10-8-14)16(21)13-5-3-12(11-17)4-6-13/h12-14H,3-11,17H2,1-2H3. The molecule has 21 heavy (non-hydrogen) atoms. The van der Waals surface area contributed by atoms with E-state index in [9.17, 15) is 9.59 Å². The highest BCUT2D eigenvalue weighted by atomic mass is 16.2. The molecule has 2 amide bonds. The van der Waals surface area contributed by atoms with Gasteiger partial charge in [-0.25, -0.2) is 0 Å². The van der Waals surface area contributed by atoms with Crippen LogP contribution in [-0.2, 0) is 9.59 Å². The van der Waals surface area contributed by atoms with E-state index in [2.05, 4.69) is 0 Å². The normalized spacial score (nSPS) is 27.5. The number of likely N-dealkylation sites (tertiary alicyclic amines) is 1. The van der Waals surface area contributed by atoms with Gasteiger partial charge in [-0.05, 0) is 51.0 Å². The number of nitrogens with two attached hydrogens (primary N) is 1. The van der Waals surface area contributed by atoms with Gasteiger partial charge >= 0.3 is 0 Å². The topological polar surface area (TPSA) is 66.6 Å². The molecule has 0 aromatic rings. The van der Waals surface area contributed by atoms with E-state index in [1.54, 1.807) is 19.0 Å². The quantitative estimate of drug-likeness (QED) is 0.847. The number of carbonyl (C=O) groups is 2. The summed E-state index contributed by atoms with van der Waals surface area (Å²) in [5, 5.41) is 0. The van der Waals surface area contributed by atoms with Crippen LogP contribution in [0.25, 0.3) is 0 Å². The minimum absolute atomic E-state index is 0.0945. The molecule has 1 heterocycles. The van der Waals surface area contributed by atoms with E-state index in [0.717, 1.165) is 58.2 Å². The van der Waals surface area contributed by atoms with Crippen LogP contribution in [0.5, 0.6) is 0 Å². The maximum Gasteiger partial charge on any atom is 0.225 e. The van der Waals surface area contributed by atoms with Crippen LogP contribution >= 0.6 is 0 Å². The highest BCUT2D eigenvalue weighted by Crippen LogP contribution is 2.30. The molecule has 1 aliphatic heterocycles. The molecule has 2 fully saturated rings. The van der Waals surface area contributed by atoms with E-state index < -0.39 is 0 Å². The summed E-state index contributed by atoms with van der Waals surface area (Å²) in [4.78, 5) is 28.2. The second-order valence-corrected chi connectivity index (χ2v) is 6.79. The Hall–Kier alpha value is -1.10. The van der Waals surface area contributed by atoms with Crippen molar-refractivity contribution in [2.24, 2.45) is 23.5 Å². The lowest BCUT2D eigenvalue weighted by Crippen LogP contribution is -2.45. The molecule has 1 saturated carbocycles. The van der Waals surface area contributed by atoms with Crippen molar-refractivity contribution < 1.29 is 9.59 Å². The molecule has 2 N–H and O–H groups in total. The Balaban J connectivity index is 1.79. The first-order valence-corrected chi connectivity index (χ1v) is 8.23. The Morgan fingerprint density at radius 1 is 1.00 bits per heavy atom. The largest absolute Gasteiger partial charge is 0.349 e. The average molecular weight is 295 g/mol. The third kappa shape index (κ3) is 3.96. The van der Waals surface area contributed by atoms with Crippen molar-refractivity contribution in [2.75, 3.05) is 33.7 Å². The summed E-state index contributed by atoms with van der Waals surface area (Å²) in [6, 6.07) is 0. The molecule has 2 rings (SSSR count). The lowest BCUT2D eigenvalue weighted by molar-refractivity contribution is -0.142. The lowest BCUT2D eigenvalue weighted by atomic mass is 9.81. The second kappa shape index (κ2) is 7.25. The number of hydrogen-bond acceptors (Lipinski definition) is 3. The fraction of sp³-hybridized carbons (Fsp3) is 0.875. The Kier molecular flexibility index (Phi) is 5.62. The van der Waals surface area contributed by atoms with E-state index in [1.807, 2.05) is 4.90 Å². The summed E-state index contributed by atoms with van der Waals surface area (Å²) in [5.74, 6) is 1.40. The van der Waals surface area contributed by atoms with Gasteiger partial charge in [0, 0.05) is 39.0 Å². The molecule has 0 aromatic heterocycles. The Labute approximate surface area is 127 Å². The number of amides is 2. The molecule has 0 bridgehead atoms. The molecule has 1 aliphatic carbocycles. The first-order chi connectivity index (χ1) is 10.0. The number of piperidine rings is 1. The maximum atomic E-state index is 12.6. The van der Waals surface area contributed by atoms with Crippen LogP contribution in [0.4, 0.5) is 0 Å². The summed E-state index contributed by atoms with van der Waals surface area (Å²) in [6.45, 7) is 2.22. The number of hydrogen-bond donors (Lipinski definition) is 1. The van der Waals surface area contributed by atoms with Crippen LogP contribution < -0.4 is 5.73 Å². The van der Waals surface area contributed by atoms with Gasteiger partial charge in [0.25, 0.3) is 0 Å². The van der Waals surface area contributed by atoms with E-state index in [-0.39, 0.29) is 17.7 Å². The van der Waals surface area contributed by atoms with Gasteiger partial charge in [0.15, 0.2) is 0 Å². The van der Waals surface area contributed by atoms with Crippen LogP contribution in [0.2, 0.25) is 0 Å². The molecule has 5 nitrogen and oxygen atoms in total. The van der Waals surface area contributed by atoms with Crippen molar-refractivity contribution in [3.8, 4) is 0 Å². The Morgan fingerprint density at radius 3 is 2.05 bits per heavy atom. The molecular formula is C16H29N3O2. The van der Waals surface area contributed by atoms with Crippen molar-refractivity contribution in [3.05, 3.63) is 0 Å². The predicted octanol–water partition coefficient (Wildman–Crippen LogP) is 1.08. The molecule has 0 atom stereocenters. The predicted molar refractivity (Wildman–Crippen MR) is 82.5 cm³/mol. The zero-order chi connectivity index (χ0) is 15.4. The van der Waals surface area contributed by atoms with Crippen molar-refractivity contribution >= 4 is 11.8 Å². The zero-order valence-corrected chi connectivity index (χ0v) is 13.4. The Bertz CT molecular complexity index is 368. The van der Waals surface area contributed by atoms with Crippen LogP contribution in [0, 0.1) is 17.8 Å². The highest BCUT2D eigenvalue weighted by molar-refractivity contribution is 5.81. The molecule has 0 aromatic carbocycles. The maximum absolute atomic E-state index is 12.6. The van der Waals surface area contributed by atoms with Crippen LogP contribution in [0.1, 0.15) is 38.5 Å². The summed E-state index contributed by atoms with van der Waals surface area (Å²) in [5.41, 5.74) is 5.70. The van der Waals surface area contributed by atoms with Crippen molar-refractivity contribution in [2.45, 2.75) is 38.5 Å². The molecule has 2 aliphatic rings. The van der Waals surface area contributed by atoms with E-state index in [4.69, 9.17) is 5.73 Å². The number of carbonyl (C=O) groups excluding carboxylic acids is 2. The molecule has 0 unspecified atom stereocenters. The number of rotatable bonds is 3. The number of nitrogens with zero attached hydrogens (tertiary/aromatic N) is 2. The highest BCUT2D eigenvalue weighted by Gasteiger charge is 2.33. The summed E-state index contributed by atoms with van der Waals surface area (Å²) in [7, 11) is 3.60. The molecule has 5 heteroatoms. The average Bonchev–Trinajstić information content (AvgIpc) is 2.53. The summed E-state index contributed by atoms with van der Waals surface area (Å²) >= 11 is 0. The SMILES string of the molecule is CN(C)C(=O)C1CCN(C(=O)C2CCC(CN)CC2)CC1. The second-order valence-electron chi connectivity index (χ2n) is 6.79. The van der Waals surface area contributed by atoms with Gasteiger partial charge in [-0.1, -0.05) is 0 Å². The fourth-order valence-corrected chi connectivity index (χ4v) is 3.62. The Morgan fingerprint density at radius 2 is 1.57 bits per heavy atom. The van der Waals surface area contributed by atoms with E-state index in [0.29, 0.717) is 11.8 Å². The first-order valence-electron chi connectivity index (χ1n) is 8.23. The van der Waals surface area contributed by atoms with Gasteiger partial charge < -0.3 is 15.5 Å². The smallest absolute Gasteiger partial charge is 0.225 e. The third-order valence-electron chi connectivity index (χ3n) is 5.13. The minimum Gasteiger partial charge on any atom is -0.349 e.